The lowest BCUT2D eigenvalue weighted by molar-refractivity contribution is -0.391. The van der Waals surface area contributed by atoms with Crippen molar-refractivity contribution in [3.05, 3.63) is 29.0 Å². The molecule has 6 nitrogen and oxygen atoms in total. The van der Waals surface area contributed by atoms with Gasteiger partial charge in [-0.3, -0.25) is 0 Å². The Morgan fingerprint density at radius 1 is 1.09 bits per heavy atom. The fraction of sp³-hybridized carbons (Fsp3) is 0.167. The van der Waals surface area contributed by atoms with Crippen molar-refractivity contribution in [1.82, 2.24) is 5.16 Å². The van der Waals surface area contributed by atoms with Gasteiger partial charge in [0, 0.05) is 17.7 Å². The lowest BCUT2D eigenvalue weighted by Crippen LogP contribution is -2.52. The Morgan fingerprint density at radius 2 is 1.65 bits per heavy atom. The Balaban J connectivity index is 2.07. The van der Waals surface area contributed by atoms with Gasteiger partial charge in [0.05, 0.1) is 5.02 Å². The van der Waals surface area contributed by atoms with Crippen LogP contribution in [-0.4, -0.2) is 28.4 Å². The summed E-state index contributed by atoms with van der Waals surface area (Å²) in [6.07, 6.45) is -9.75. The Kier molecular flexibility index (Phi) is 3.18. The van der Waals surface area contributed by atoms with Gasteiger partial charge >= 0.3 is 18.2 Å². The molecule has 0 unspecified atom stereocenters. The molecule has 1 N–H and O–H groups in total. The van der Waals surface area contributed by atoms with Crippen molar-refractivity contribution in [2.24, 2.45) is 0 Å². The number of aromatic carboxylic acids is 1. The number of alkyl halides is 4. The molecule has 0 bridgehead atoms. The van der Waals surface area contributed by atoms with E-state index in [1.54, 1.807) is 0 Å². The second-order valence-corrected chi connectivity index (χ2v) is 4.81. The maximum absolute atomic E-state index is 13.2. The summed E-state index contributed by atoms with van der Waals surface area (Å²) in [4.78, 5) is 10.7. The Bertz CT molecular complexity index is 807. The average Bonchev–Trinajstić information content (AvgIpc) is 2.89. The summed E-state index contributed by atoms with van der Waals surface area (Å²) >= 11 is 5.85. The average molecular weight is 354 g/mol. The van der Waals surface area contributed by atoms with E-state index < -0.39 is 35.4 Å². The molecule has 1 aliphatic rings. The molecule has 0 saturated carbocycles. The Morgan fingerprint density at radius 3 is 2.17 bits per heavy atom. The van der Waals surface area contributed by atoms with E-state index in [-0.39, 0.29) is 16.3 Å². The minimum Gasteiger partial charge on any atom is -0.475 e. The number of ether oxygens (including phenoxy) is 2. The van der Waals surface area contributed by atoms with Crippen LogP contribution in [0.3, 0.4) is 0 Å². The van der Waals surface area contributed by atoms with Crippen LogP contribution in [0.1, 0.15) is 10.6 Å². The normalized spacial score (nSPS) is 17.8. The van der Waals surface area contributed by atoms with E-state index in [1.165, 1.54) is 0 Å². The predicted octanol–water partition coefficient (Wildman–Crippen LogP) is 3.65. The molecular formula is C12H4ClF4NO5. The van der Waals surface area contributed by atoms with Crippen LogP contribution in [-0.2, 0) is 0 Å². The highest BCUT2D eigenvalue weighted by Crippen LogP contribution is 2.49. The number of benzene rings is 1. The van der Waals surface area contributed by atoms with Gasteiger partial charge in [-0.25, -0.2) is 4.79 Å². The molecule has 0 atom stereocenters. The summed E-state index contributed by atoms with van der Waals surface area (Å²) in [6, 6.07) is 2.67. The summed E-state index contributed by atoms with van der Waals surface area (Å²) in [6.45, 7) is 0. The van der Waals surface area contributed by atoms with E-state index in [2.05, 4.69) is 19.2 Å². The first-order chi connectivity index (χ1) is 10.6. The van der Waals surface area contributed by atoms with Crippen molar-refractivity contribution in [1.29, 1.82) is 0 Å². The van der Waals surface area contributed by atoms with Gasteiger partial charge in [0.1, 0.15) is 5.69 Å². The molecule has 0 radical (unpaired) electrons. The topological polar surface area (TPSA) is 81.8 Å². The van der Waals surface area contributed by atoms with Gasteiger partial charge in [-0.1, -0.05) is 16.8 Å². The summed E-state index contributed by atoms with van der Waals surface area (Å²) in [5.41, 5.74) is -0.175. The molecule has 1 aromatic heterocycles. The third-order valence-electron chi connectivity index (χ3n) is 2.85. The van der Waals surface area contributed by atoms with Gasteiger partial charge in [-0.05, 0) is 6.07 Å². The first kappa shape index (κ1) is 15.4. The highest BCUT2D eigenvalue weighted by molar-refractivity contribution is 6.33. The van der Waals surface area contributed by atoms with Crippen molar-refractivity contribution in [2.75, 3.05) is 0 Å². The van der Waals surface area contributed by atoms with Crippen LogP contribution in [0, 0.1) is 0 Å². The van der Waals surface area contributed by atoms with Gasteiger partial charge in [0.15, 0.2) is 11.5 Å². The Hall–Kier alpha value is -2.49. The van der Waals surface area contributed by atoms with E-state index in [1.807, 2.05) is 0 Å². The quantitative estimate of drug-likeness (QED) is 0.830. The number of hydrogen-bond acceptors (Lipinski definition) is 5. The molecule has 2 aromatic rings. The maximum Gasteiger partial charge on any atom is 0.507 e. The van der Waals surface area contributed by atoms with Gasteiger partial charge in [-0.15, -0.1) is 0 Å². The summed E-state index contributed by atoms with van der Waals surface area (Å²) in [5, 5.41) is 11.9. The fourth-order valence-corrected chi connectivity index (χ4v) is 2.04. The molecule has 1 aromatic carbocycles. The van der Waals surface area contributed by atoms with Gasteiger partial charge in [0.25, 0.3) is 0 Å². The van der Waals surface area contributed by atoms with Crippen LogP contribution in [0.5, 0.6) is 11.5 Å². The number of nitrogens with zero attached hydrogens (tertiary/aromatic N) is 1. The second-order valence-electron chi connectivity index (χ2n) is 4.40. The number of carbonyl (C=O) groups is 1. The zero-order valence-corrected chi connectivity index (χ0v) is 11.4. The molecule has 1 aliphatic heterocycles. The lowest BCUT2D eigenvalue weighted by Gasteiger charge is -2.32. The molecule has 0 saturated heterocycles. The Labute approximate surface area is 129 Å². The molecule has 3 rings (SSSR count). The smallest absolute Gasteiger partial charge is 0.475 e. The van der Waals surface area contributed by atoms with Crippen molar-refractivity contribution in [3.63, 3.8) is 0 Å². The molecule has 23 heavy (non-hydrogen) atoms. The standard InChI is InChI=1S/C12H4ClF4NO5/c13-5-2-8-7(21-11(14,15)12(16,17)22-8)1-4(5)6-3-9(10(19)20)23-18-6/h1-3H,(H,19,20). The van der Waals surface area contributed by atoms with E-state index in [4.69, 9.17) is 16.7 Å². The monoisotopic (exact) mass is 353 g/mol. The number of hydrogen-bond donors (Lipinski definition) is 1. The summed E-state index contributed by atoms with van der Waals surface area (Å²) in [7, 11) is 0. The first-order valence-corrected chi connectivity index (χ1v) is 6.16. The zero-order valence-electron chi connectivity index (χ0n) is 10.6. The minimum atomic E-state index is -4.89. The lowest BCUT2D eigenvalue weighted by atomic mass is 10.1. The van der Waals surface area contributed by atoms with Gasteiger partial charge in [0.2, 0.25) is 5.76 Å². The number of rotatable bonds is 2. The van der Waals surface area contributed by atoms with Crippen LogP contribution in [0.15, 0.2) is 22.7 Å². The fourth-order valence-electron chi connectivity index (χ4n) is 1.79. The van der Waals surface area contributed by atoms with Crippen LogP contribution >= 0.6 is 11.6 Å². The first-order valence-electron chi connectivity index (χ1n) is 5.78. The maximum atomic E-state index is 13.2. The molecule has 11 heteroatoms. The van der Waals surface area contributed by atoms with Crippen LogP contribution in [0.4, 0.5) is 17.6 Å². The van der Waals surface area contributed by atoms with Gasteiger partial charge in [-0.2, -0.15) is 17.6 Å². The van der Waals surface area contributed by atoms with E-state index >= 15 is 0 Å². The number of halogens is 5. The zero-order chi connectivity index (χ0) is 17.0. The van der Waals surface area contributed by atoms with E-state index in [0.717, 1.165) is 18.2 Å². The second kappa shape index (κ2) is 4.75. The predicted molar refractivity (Wildman–Crippen MR) is 65.1 cm³/mol. The van der Waals surface area contributed by atoms with E-state index in [0.29, 0.717) is 0 Å². The minimum absolute atomic E-state index is 0.0636. The van der Waals surface area contributed by atoms with Crippen LogP contribution in [0.2, 0.25) is 5.02 Å². The SMILES string of the molecule is O=C(O)c1cc(-c2cc3c(cc2Cl)OC(F)(F)C(F)(F)O3)no1. The van der Waals surface area contributed by atoms with Crippen molar-refractivity contribution in [2.45, 2.75) is 12.2 Å². The number of carboxylic acids is 1. The third kappa shape index (κ3) is 2.44. The van der Waals surface area contributed by atoms with Crippen molar-refractivity contribution < 1.29 is 41.5 Å². The van der Waals surface area contributed by atoms with Crippen molar-refractivity contribution >= 4 is 17.6 Å². The number of aromatic nitrogens is 1. The van der Waals surface area contributed by atoms with Crippen LogP contribution in [0.25, 0.3) is 11.3 Å². The molecule has 0 fully saturated rings. The van der Waals surface area contributed by atoms with Gasteiger partial charge < -0.3 is 19.1 Å². The number of carboxylic acid groups (broad SMARTS) is 1. The molecule has 2 heterocycles. The molecular weight excluding hydrogens is 350 g/mol. The third-order valence-corrected chi connectivity index (χ3v) is 3.16. The van der Waals surface area contributed by atoms with E-state index in [9.17, 15) is 22.4 Å². The van der Waals surface area contributed by atoms with Crippen molar-refractivity contribution in [3.8, 4) is 22.8 Å². The summed E-state index contributed by atoms with van der Waals surface area (Å²) < 4.78 is 64.9. The number of fused-ring (bicyclic) bond motifs is 1. The summed E-state index contributed by atoms with van der Waals surface area (Å²) in [5.74, 6) is -3.34. The highest BCUT2D eigenvalue weighted by Gasteiger charge is 2.66. The molecule has 0 amide bonds. The largest absolute Gasteiger partial charge is 0.507 e. The highest BCUT2D eigenvalue weighted by atomic mass is 35.5. The molecule has 0 spiro atoms. The molecule has 122 valence electrons. The van der Waals surface area contributed by atoms with Crippen LogP contribution < -0.4 is 9.47 Å². The molecule has 0 aliphatic carbocycles.